The Hall–Kier alpha value is -3.12. The number of aliphatic carboxylic acids is 1. The lowest BCUT2D eigenvalue weighted by Gasteiger charge is -2.10. The van der Waals surface area contributed by atoms with Gasteiger partial charge in [-0.05, 0) is 42.5 Å². The van der Waals surface area contributed by atoms with E-state index in [2.05, 4.69) is 32.8 Å². The zero-order valence-corrected chi connectivity index (χ0v) is 15.9. The number of fused-ring (bicyclic) bond motifs is 1. The maximum atomic E-state index is 10.7. The number of halogens is 1. The number of hydrogen-bond acceptors (Lipinski definition) is 4. The van der Waals surface area contributed by atoms with Gasteiger partial charge < -0.3 is 15.2 Å². The fourth-order valence-electron chi connectivity index (χ4n) is 2.53. The van der Waals surface area contributed by atoms with Crippen LogP contribution in [0.1, 0.15) is 5.56 Å². The lowest BCUT2D eigenvalue weighted by atomic mass is 10.1. The Balaban J connectivity index is 1.78. The molecule has 0 aliphatic carbocycles. The van der Waals surface area contributed by atoms with Crippen molar-refractivity contribution in [1.29, 1.82) is 0 Å². The van der Waals surface area contributed by atoms with Crippen molar-refractivity contribution < 1.29 is 14.6 Å². The SMILES string of the molecule is C=C(/C=C/c1cc(Br)ccc1OCC(=O)O)Nc1cccc2cccnc12. The van der Waals surface area contributed by atoms with Gasteiger partial charge in [0.25, 0.3) is 0 Å². The summed E-state index contributed by atoms with van der Waals surface area (Å²) in [4.78, 5) is 15.2. The van der Waals surface area contributed by atoms with Crippen LogP contribution >= 0.6 is 15.9 Å². The van der Waals surface area contributed by atoms with Crippen LogP contribution in [0.2, 0.25) is 0 Å². The lowest BCUT2D eigenvalue weighted by molar-refractivity contribution is -0.139. The van der Waals surface area contributed by atoms with Crippen molar-refractivity contribution in [1.82, 2.24) is 4.98 Å². The molecule has 27 heavy (non-hydrogen) atoms. The number of allylic oxidation sites excluding steroid dienone is 1. The van der Waals surface area contributed by atoms with Gasteiger partial charge in [0.15, 0.2) is 6.61 Å². The molecule has 0 saturated heterocycles. The van der Waals surface area contributed by atoms with Crippen molar-refractivity contribution in [2.75, 3.05) is 11.9 Å². The Kier molecular flexibility index (Phi) is 5.88. The summed E-state index contributed by atoms with van der Waals surface area (Å²) in [6, 6.07) is 15.2. The zero-order chi connectivity index (χ0) is 19.2. The van der Waals surface area contributed by atoms with Crippen LogP contribution in [0.15, 0.2) is 77.6 Å². The molecule has 2 N–H and O–H groups in total. The first-order valence-electron chi connectivity index (χ1n) is 8.15. The van der Waals surface area contributed by atoms with Gasteiger partial charge in [-0.1, -0.05) is 40.7 Å². The molecule has 0 aliphatic rings. The quantitative estimate of drug-likeness (QED) is 0.516. The first-order valence-corrected chi connectivity index (χ1v) is 8.94. The monoisotopic (exact) mass is 424 g/mol. The van der Waals surface area contributed by atoms with E-state index in [1.807, 2.05) is 42.5 Å². The van der Waals surface area contributed by atoms with Gasteiger partial charge in [0, 0.05) is 27.3 Å². The van der Waals surface area contributed by atoms with Crippen LogP contribution in [0.4, 0.5) is 5.69 Å². The third kappa shape index (κ3) is 4.95. The van der Waals surface area contributed by atoms with Crippen LogP contribution in [-0.4, -0.2) is 22.7 Å². The van der Waals surface area contributed by atoms with E-state index in [4.69, 9.17) is 9.84 Å². The minimum atomic E-state index is -1.03. The molecular formula is C21H17BrN2O3. The van der Waals surface area contributed by atoms with Crippen molar-refractivity contribution in [3.8, 4) is 5.75 Å². The number of hydrogen-bond donors (Lipinski definition) is 2. The Morgan fingerprint density at radius 1 is 1.26 bits per heavy atom. The molecule has 0 fully saturated rings. The van der Waals surface area contributed by atoms with E-state index < -0.39 is 12.6 Å². The molecule has 0 atom stereocenters. The van der Waals surface area contributed by atoms with E-state index in [9.17, 15) is 4.79 Å². The summed E-state index contributed by atoms with van der Waals surface area (Å²) in [5.41, 5.74) is 3.13. The molecule has 3 rings (SSSR count). The summed E-state index contributed by atoms with van der Waals surface area (Å²) in [6.07, 6.45) is 5.37. The number of rotatable bonds is 7. The molecule has 0 saturated carbocycles. The average molecular weight is 425 g/mol. The Bertz CT molecular complexity index is 1030. The molecule has 0 amide bonds. The first-order chi connectivity index (χ1) is 13.0. The van der Waals surface area contributed by atoms with E-state index in [1.54, 1.807) is 24.4 Å². The summed E-state index contributed by atoms with van der Waals surface area (Å²) in [5, 5.41) is 13.1. The van der Waals surface area contributed by atoms with E-state index in [0.717, 1.165) is 26.6 Å². The second-order valence-electron chi connectivity index (χ2n) is 5.73. The molecule has 5 nitrogen and oxygen atoms in total. The molecule has 0 spiro atoms. The normalized spacial score (nSPS) is 10.9. The lowest BCUT2D eigenvalue weighted by Crippen LogP contribution is -2.10. The van der Waals surface area contributed by atoms with Crippen LogP contribution in [0.3, 0.4) is 0 Å². The van der Waals surface area contributed by atoms with Gasteiger partial charge >= 0.3 is 5.97 Å². The molecule has 0 radical (unpaired) electrons. The number of carboxylic acids is 1. The number of nitrogens with zero attached hydrogens (tertiary/aromatic N) is 1. The maximum absolute atomic E-state index is 10.7. The van der Waals surface area contributed by atoms with Crippen molar-refractivity contribution in [3.05, 3.63) is 83.1 Å². The van der Waals surface area contributed by atoms with Gasteiger partial charge in [-0.15, -0.1) is 0 Å². The van der Waals surface area contributed by atoms with Crippen molar-refractivity contribution in [3.63, 3.8) is 0 Å². The standard InChI is InChI=1S/C21H17BrN2O3/c1-14(24-18-6-2-4-15-5-3-11-23-21(15)18)7-8-16-12-17(22)9-10-19(16)27-13-20(25)26/h2-12,24H,1,13H2,(H,25,26)/b8-7+. The number of aromatic nitrogens is 1. The Labute approximate surface area is 165 Å². The summed E-state index contributed by atoms with van der Waals surface area (Å²) in [6.45, 7) is 3.63. The van der Waals surface area contributed by atoms with Gasteiger partial charge in [0.05, 0.1) is 11.2 Å². The van der Waals surface area contributed by atoms with Gasteiger partial charge in [-0.25, -0.2) is 4.79 Å². The van der Waals surface area contributed by atoms with Crippen LogP contribution in [-0.2, 0) is 4.79 Å². The summed E-state index contributed by atoms with van der Waals surface area (Å²) >= 11 is 3.41. The highest BCUT2D eigenvalue weighted by Crippen LogP contribution is 2.26. The third-order valence-electron chi connectivity index (χ3n) is 3.72. The molecule has 2 aromatic carbocycles. The third-order valence-corrected chi connectivity index (χ3v) is 4.21. The van der Waals surface area contributed by atoms with Crippen molar-refractivity contribution in [2.24, 2.45) is 0 Å². The summed E-state index contributed by atoms with van der Waals surface area (Å²) in [5.74, 6) is -0.543. The van der Waals surface area contributed by atoms with E-state index in [1.165, 1.54) is 0 Å². The van der Waals surface area contributed by atoms with Crippen molar-refractivity contribution in [2.45, 2.75) is 0 Å². The number of anilines is 1. The topological polar surface area (TPSA) is 71.5 Å². The maximum Gasteiger partial charge on any atom is 0.341 e. The molecule has 3 aromatic rings. The van der Waals surface area contributed by atoms with Gasteiger partial charge in [-0.3, -0.25) is 4.98 Å². The predicted molar refractivity (Wildman–Crippen MR) is 111 cm³/mol. The second-order valence-corrected chi connectivity index (χ2v) is 6.64. The number of benzene rings is 2. The fraction of sp³-hybridized carbons (Fsp3) is 0.0476. The number of carbonyl (C=O) groups is 1. The fourth-order valence-corrected chi connectivity index (χ4v) is 2.91. The molecule has 1 aromatic heterocycles. The van der Waals surface area contributed by atoms with Gasteiger partial charge in [0.2, 0.25) is 0 Å². The molecule has 0 unspecified atom stereocenters. The van der Waals surface area contributed by atoms with E-state index in [0.29, 0.717) is 11.4 Å². The highest BCUT2D eigenvalue weighted by molar-refractivity contribution is 9.10. The average Bonchev–Trinajstić information content (AvgIpc) is 2.66. The number of pyridine rings is 1. The minimum Gasteiger partial charge on any atom is -0.481 e. The smallest absolute Gasteiger partial charge is 0.341 e. The Morgan fingerprint density at radius 3 is 2.89 bits per heavy atom. The van der Waals surface area contributed by atoms with E-state index in [-0.39, 0.29) is 0 Å². The predicted octanol–water partition coefficient (Wildman–Crippen LogP) is 5.10. The molecule has 0 bridgehead atoms. The Morgan fingerprint density at radius 2 is 2.07 bits per heavy atom. The second kappa shape index (κ2) is 8.51. The van der Waals surface area contributed by atoms with Crippen molar-refractivity contribution >= 4 is 44.6 Å². The van der Waals surface area contributed by atoms with Crippen LogP contribution in [0, 0.1) is 0 Å². The summed E-state index contributed by atoms with van der Waals surface area (Å²) in [7, 11) is 0. The zero-order valence-electron chi connectivity index (χ0n) is 14.4. The summed E-state index contributed by atoms with van der Waals surface area (Å²) < 4.78 is 6.19. The molecule has 0 aliphatic heterocycles. The highest BCUT2D eigenvalue weighted by atomic mass is 79.9. The number of nitrogens with one attached hydrogen (secondary N) is 1. The number of ether oxygens (including phenoxy) is 1. The van der Waals surface area contributed by atoms with E-state index >= 15 is 0 Å². The van der Waals surface area contributed by atoms with Crippen LogP contribution < -0.4 is 10.1 Å². The minimum absolute atomic E-state index is 0.399. The first kappa shape index (κ1) is 18.7. The van der Waals surface area contributed by atoms with Gasteiger partial charge in [-0.2, -0.15) is 0 Å². The number of para-hydroxylation sites is 1. The van der Waals surface area contributed by atoms with Gasteiger partial charge in [0.1, 0.15) is 5.75 Å². The molecular weight excluding hydrogens is 408 g/mol. The van der Waals surface area contributed by atoms with Crippen LogP contribution in [0.5, 0.6) is 5.75 Å². The largest absolute Gasteiger partial charge is 0.481 e. The molecule has 6 heteroatoms. The number of carboxylic acid groups (broad SMARTS) is 1. The highest BCUT2D eigenvalue weighted by Gasteiger charge is 2.06. The molecule has 136 valence electrons. The van der Waals surface area contributed by atoms with Crippen LogP contribution in [0.25, 0.3) is 17.0 Å². The molecule has 1 heterocycles.